The zero-order chi connectivity index (χ0) is 19.4. The molecule has 0 spiro atoms. The Bertz CT molecular complexity index is 694. The molecule has 2 aliphatic rings. The summed E-state index contributed by atoms with van der Waals surface area (Å²) in [4.78, 5) is 28.2. The first-order chi connectivity index (χ1) is 13.0. The fourth-order valence-corrected chi connectivity index (χ4v) is 3.79. The van der Waals surface area contributed by atoms with E-state index in [4.69, 9.17) is 10.4 Å². The van der Waals surface area contributed by atoms with Crippen LogP contribution in [0.5, 0.6) is 5.75 Å². The molecule has 0 aliphatic carbocycles. The third-order valence-electron chi connectivity index (χ3n) is 5.25. The number of carboxylic acids is 1. The average Bonchev–Trinajstić information content (AvgIpc) is 2.63. The molecule has 2 heterocycles. The van der Waals surface area contributed by atoms with Crippen LogP contribution in [0.3, 0.4) is 0 Å². The average molecular weight is 375 g/mol. The maximum absolute atomic E-state index is 12.5. The van der Waals surface area contributed by atoms with Crippen LogP contribution in [0.25, 0.3) is 0 Å². The van der Waals surface area contributed by atoms with Crippen molar-refractivity contribution in [2.24, 2.45) is 5.73 Å². The normalized spacial score (nSPS) is 20.8. The lowest BCUT2D eigenvalue weighted by Gasteiger charge is -2.34. The van der Waals surface area contributed by atoms with E-state index in [-0.39, 0.29) is 29.3 Å². The van der Waals surface area contributed by atoms with Crippen LogP contribution >= 0.6 is 0 Å². The highest BCUT2D eigenvalue weighted by molar-refractivity contribution is 6.47. The third-order valence-corrected chi connectivity index (χ3v) is 5.25. The maximum atomic E-state index is 12.5. The summed E-state index contributed by atoms with van der Waals surface area (Å²) in [5, 5.41) is 19.5. The molecule has 0 bridgehead atoms. The summed E-state index contributed by atoms with van der Waals surface area (Å²) >= 11 is 0. The molecule has 1 fully saturated rings. The highest BCUT2D eigenvalue weighted by atomic mass is 16.5. The monoisotopic (exact) mass is 375 g/mol. The molecular formula is C18H26BN3O5. The van der Waals surface area contributed by atoms with Gasteiger partial charge in [-0.1, -0.05) is 12.1 Å². The Kier molecular flexibility index (Phi) is 6.48. The molecule has 1 saturated heterocycles. The Morgan fingerprint density at radius 3 is 2.59 bits per heavy atom. The van der Waals surface area contributed by atoms with Crippen LogP contribution in [0.1, 0.15) is 22.3 Å². The minimum atomic E-state index is -1.18. The van der Waals surface area contributed by atoms with Crippen molar-refractivity contribution < 1.29 is 24.4 Å². The summed E-state index contributed by atoms with van der Waals surface area (Å²) in [7, 11) is -1.18. The zero-order valence-corrected chi connectivity index (χ0v) is 15.3. The summed E-state index contributed by atoms with van der Waals surface area (Å²) in [5.41, 5.74) is 6.32. The van der Waals surface area contributed by atoms with Gasteiger partial charge in [0.2, 0.25) is 0 Å². The van der Waals surface area contributed by atoms with Gasteiger partial charge in [-0.05, 0) is 18.1 Å². The largest absolute Gasteiger partial charge is 0.535 e. The van der Waals surface area contributed by atoms with Gasteiger partial charge in [0.15, 0.2) is 0 Å². The van der Waals surface area contributed by atoms with E-state index in [1.54, 1.807) is 12.1 Å². The number of hydrogen-bond donors (Lipinski definition) is 3. The Labute approximate surface area is 159 Å². The van der Waals surface area contributed by atoms with Crippen molar-refractivity contribution in [3.63, 3.8) is 0 Å². The number of carboxylic acid groups (broad SMARTS) is 1. The quantitative estimate of drug-likeness (QED) is 0.557. The molecule has 4 N–H and O–H groups in total. The molecule has 0 unspecified atom stereocenters. The van der Waals surface area contributed by atoms with Crippen molar-refractivity contribution in [3.8, 4) is 5.75 Å². The molecule has 0 amide bonds. The summed E-state index contributed by atoms with van der Waals surface area (Å²) in [5.74, 6) is -1.19. The number of nitrogens with two attached hydrogens (primary N) is 1. The van der Waals surface area contributed by atoms with Gasteiger partial charge >= 0.3 is 13.1 Å². The fraction of sp³-hybridized carbons (Fsp3) is 0.556. The number of carbonyl (C=O) groups excluding carboxylic acids is 1. The van der Waals surface area contributed by atoms with Crippen LogP contribution in [-0.4, -0.2) is 84.6 Å². The van der Waals surface area contributed by atoms with Crippen molar-refractivity contribution >= 4 is 18.9 Å². The van der Waals surface area contributed by atoms with E-state index in [0.29, 0.717) is 25.1 Å². The maximum Gasteiger partial charge on any atom is 0.526 e. The van der Waals surface area contributed by atoms with E-state index >= 15 is 0 Å². The summed E-state index contributed by atoms with van der Waals surface area (Å²) in [6, 6.07) is 4.88. The second kappa shape index (κ2) is 8.84. The molecule has 1 aromatic carbocycles. The number of benzene rings is 1. The topological polar surface area (TPSA) is 116 Å². The molecule has 2 aliphatic heterocycles. The zero-order valence-electron chi connectivity index (χ0n) is 15.3. The number of fused-ring (bicyclic) bond motifs is 1. The van der Waals surface area contributed by atoms with Gasteiger partial charge in [0, 0.05) is 51.5 Å². The van der Waals surface area contributed by atoms with Crippen LogP contribution in [0.15, 0.2) is 18.2 Å². The van der Waals surface area contributed by atoms with Crippen LogP contribution in [0.2, 0.25) is 5.82 Å². The molecule has 0 saturated carbocycles. The van der Waals surface area contributed by atoms with Crippen LogP contribution in [0.4, 0.5) is 0 Å². The minimum absolute atomic E-state index is 0.0340. The van der Waals surface area contributed by atoms with Gasteiger partial charge in [-0.25, -0.2) is 4.79 Å². The van der Waals surface area contributed by atoms with Crippen LogP contribution < -0.4 is 10.4 Å². The van der Waals surface area contributed by atoms with E-state index < -0.39 is 13.1 Å². The van der Waals surface area contributed by atoms with E-state index in [1.165, 1.54) is 6.07 Å². The van der Waals surface area contributed by atoms with Gasteiger partial charge in [0.05, 0.1) is 12.1 Å². The van der Waals surface area contributed by atoms with E-state index in [2.05, 4.69) is 9.80 Å². The number of aromatic carboxylic acids is 1. The predicted octanol–water partition coefficient (Wildman–Crippen LogP) is -0.294. The smallest absolute Gasteiger partial charge is 0.526 e. The second-order valence-corrected chi connectivity index (χ2v) is 7.22. The lowest BCUT2D eigenvalue weighted by molar-refractivity contribution is -0.120. The first-order valence-corrected chi connectivity index (χ1v) is 9.34. The first-order valence-electron chi connectivity index (χ1n) is 9.34. The number of hydrogen-bond acceptors (Lipinski definition) is 7. The fourth-order valence-electron chi connectivity index (χ4n) is 3.79. The third kappa shape index (κ3) is 4.87. The molecule has 0 radical (unpaired) electrons. The number of para-hydroxylation sites is 1. The number of nitrogens with zero attached hydrogens (tertiary/aromatic N) is 2. The molecule has 146 valence electrons. The van der Waals surface area contributed by atoms with E-state index in [0.717, 1.165) is 32.7 Å². The Balaban J connectivity index is 1.55. The Morgan fingerprint density at radius 2 is 1.93 bits per heavy atom. The van der Waals surface area contributed by atoms with Gasteiger partial charge in [0.1, 0.15) is 11.5 Å². The van der Waals surface area contributed by atoms with Crippen molar-refractivity contribution in [1.82, 2.24) is 9.80 Å². The highest BCUT2D eigenvalue weighted by Gasteiger charge is 2.37. The summed E-state index contributed by atoms with van der Waals surface area (Å²) in [6.07, 6.45) is 0.633. The van der Waals surface area contributed by atoms with Crippen LogP contribution in [0, 0.1) is 0 Å². The molecule has 27 heavy (non-hydrogen) atoms. The number of piperazine rings is 1. The van der Waals surface area contributed by atoms with E-state index in [1.807, 2.05) is 0 Å². The Morgan fingerprint density at radius 1 is 1.22 bits per heavy atom. The number of Topliss-reactive ketones (excluding diaryl/α,β-unsaturated/α-hetero) is 1. The number of ketones is 1. The standard InChI is InChI=1S/C18H26BN3O5/c20-4-5-21-6-8-22(9-7-21)12-15(23)11-14-10-13-2-1-3-16(18(24)25)17(13)27-19(14)26/h1-3,14,26H,4-12,20H2,(H,24,25)/t14-/m1/s1. The molecule has 0 aromatic heterocycles. The van der Waals surface area contributed by atoms with Crippen molar-refractivity contribution in [1.29, 1.82) is 0 Å². The SMILES string of the molecule is NCCN1CCN(CC(=O)C[C@H]2Cc3cccc(C(=O)O)c3OB2O)CC1. The second-order valence-electron chi connectivity index (χ2n) is 7.22. The van der Waals surface area contributed by atoms with Crippen molar-refractivity contribution in [2.75, 3.05) is 45.8 Å². The highest BCUT2D eigenvalue weighted by Crippen LogP contribution is 2.36. The molecule has 1 atom stereocenters. The summed E-state index contributed by atoms with van der Waals surface area (Å²) < 4.78 is 5.46. The Hall–Kier alpha value is -1.94. The van der Waals surface area contributed by atoms with Crippen molar-refractivity contribution in [2.45, 2.75) is 18.7 Å². The van der Waals surface area contributed by atoms with Crippen molar-refractivity contribution in [3.05, 3.63) is 29.3 Å². The molecule has 8 nitrogen and oxygen atoms in total. The lowest BCUT2D eigenvalue weighted by Crippen LogP contribution is -2.49. The molecule has 1 aromatic rings. The first kappa shape index (κ1) is 19.8. The van der Waals surface area contributed by atoms with Gasteiger partial charge in [0.25, 0.3) is 0 Å². The van der Waals surface area contributed by atoms with Gasteiger partial charge in [-0.2, -0.15) is 0 Å². The number of rotatable bonds is 7. The summed E-state index contributed by atoms with van der Waals surface area (Å²) in [6.45, 7) is 5.37. The minimum Gasteiger partial charge on any atom is -0.535 e. The van der Waals surface area contributed by atoms with Gasteiger partial charge < -0.3 is 20.5 Å². The van der Waals surface area contributed by atoms with E-state index in [9.17, 15) is 19.7 Å². The number of carbonyl (C=O) groups is 2. The van der Waals surface area contributed by atoms with Crippen LogP contribution in [-0.2, 0) is 11.2 Å². The van der Waals surface area contributed by atoms with Gasteiger partial charge in [-0.15, -0.1) is 0 Å². The predicted molar refractivity (Wildman–Crippen MR) is 101 cm³/mol. The van der Waals surface area contributed by atoms with Gasteiger partial charge in [-0.3, -0.25) is 14.6 Å². The molecule has 9 heteroatoms. The molecular weight excluding hydrogens is 349 g/mol. The lowest BCUT2D eigenvalue weighted by atomic mass is 9.64. The molecule has 3 rings (SSSR count).